The van der Waals surface area contributed by atoms with Crippen LogP contribution in [0.25, 0.3) is 0 Å². The van der Waals surface area contributed by atoms with Gasteiger partial charge in [0.2, 0.25) is 0 Å². The summed E-state index contributed by atoms with van der Waals surface area (Å²) in [6.45, 7) is 9.60. The highest BCUT2D eigenvalue weighted by atomic mass is 16.6. The lowest BCUT2D eigenvalue weighted by molar-refractivity contribution is 0.0476. The summed E-state index contributed by atoms with van der Waals surface area (Å²) in [5.74, 6) is 0.157. The second-order valence-corrected chi connectivity index (χ2v) is 5.77. The predicted octanol–water partition coefficient (Wildman–Crippen LogP) is 1.64. The molecule has 0 aromatic rings. The van der Waals surface area contributed by atoms with E-state index in [0.717, 1.165) is 0 Å². The molecule has 2 amide bonds. The Morgan fingerprint density at radius 3 is 2.50 bits per heavy atom. The van der Waals surface area contributed by atoms with Crippen LogP contribution in [0.1, 0.15) is 34.6 Å². The molecule has 6 heteroatoms. The van der Waals surface area contributed by atoms with Crippen molar-refractivity contribution >= 4 is 12.2 Å². The van der Waals surface area contributed by atoms with Crippen molar-refractivity contribution in [2.75, 3.05) is 6.61 Å². The van der Waals surface area contributed by atoms with Gasteiger partial charge in [-0.05, 0) is 26.7 Å². The van der Waals surface area contributed by atoms with Gasteiger partial charge in [0.05, 0.1) is 12.1 Å². The molecule has 0 aromatic carbocycles. The Morgan fingerprint density at radius 2 is 2.11 bits per heavy atom. The first-order valence-corrected chi connectivity index (χ1v) is 6.12. The van der Waals surface area contributed by atoms with E-state index in [-0.39, 0.29) is 24.6 Å². The fourth-order valence-corrected chi connectivity index (χ4v) is 1.77. The number of carbonyl (C=O) groups excluding carboxylic acids is 2. The summed E-state index contributed by atoms with van der Waals surface area (Å²) < 4.78 is 10.0. The second kappa shape index (κ2) is 5.46. The van der Waals surface area contributed by atoms with Crippen LogP contribution in [0, 0.1) is 5.92 Å². The van der Waals surface area contributed by atoms with Gasteiger partial charge in [0.1, 0.15) is 12.2 Å². The van der Waals surface area contributed by atoms with E-state index in [1.165, 1.54) is 0 Å². The summed E-state index contributed by atoms with van der Waals surface area (Å²) >= 11 is 0. The number of alkyl carbamates (subject to hydrolysis) is 2. The van der Waals surface area contributed by atoms with Gasteiger partial charge in [0.25, 0.3) is 0 Å². The van der Waals surface area contributed by atoms with Crippen LogP contribution >= 0.6 is 0 Å². The Bertz CT molecular complexity index is 323. The van der Waals surface area contributed by atoms with Crippen LogP contribution in [0.2, 0.25) is 0 Å². The third kappa shape index (κ3) is 4.43. The molecule has 1 fully saturated rings. The molecule has 104 valence electrons. The molecule has 1 aliphatic heterocycles. The first-order valence-electron chi connectivity index (χ1n) is 6.12. The molecule has 1 heterocycles. The Balaban J connectivity index is 2.58. The van der Waals surface area contributed by atoms with Gasteiger partial charge in [0.15, 0.2) is 0 Å². The van der Waals surface area contributed by atoms with Crippen molar-refractivity contribution in [3.63, 3.8) is 0 Å². The zero-order chi connectivity index (χ0) is 13.9. The summed E-state index contributed by atoms with van der Waals surface area (Å²) in [6.07, 6.45) is -0.931. The molecule has 0 bridgehead atoms. The smallest absolute Gasteiger partial charge is 0.407 e. The van der Waals surface area contributed by atoms with Gasteiger partial charge in [-0.25, -0.2) is 9.59 Å². The van der Waals surface area contributed by atoms with Gasteiger partial charge in [0, 0.05) is 0 Å². The lowest BCUT2D eigenvalue weighted by atomic mass is 9.97. The van der Waals surface area contributed by atoms with Crippen LogP contribution in [0.15, 0.2) is 0 Å². The van der Waals surface area contributed by atoms with E-state index in [0.29, 0.717) is 0 Å². The number of rotatable bonds is 3. The molecule has 0 spiro atoms. The molecule has 1 rings (SSSR count). The summed E-state index contributed by atoms with van der Waals surface area (Å²) in [4.78, 5) is 22.7. The van der Waals surface area contributed by atoms with E-state index in [9.17, 15) is 9.59 Å². The van der Waals surface area contributed by atoms with Crippen molar-refractivity contribution in [3.8, 4) is 0 Å². The van der Waals surface area contributed by atoms with E-state index >= 15 is 0 Å². The number of nitrogens with one attached hydrogen (secondary N) is 2. The van der Waals surface area contributed by atoms with Gasteiger partial charge >= 0.3 is 12.2 Å². The van der Waals surface area contributed by atoms with Crippen molar-refractivity contribution in [2.45, 2.75) is 52.3 Å². The highest BCUT2D eigenvalue weighted by molar-refractivity contribution is 5.71. The third-order valence-corrected chi connectivity index (χ3v) is 2.53. The maximum Gasteiger partial charge on any atom is 0.407 e. The first-order chi connectivity index (χ1) is 8.19. The van der Waals surface area contributed by atoms with Gasteiger partial charge in [-0.3, -0.25) is 0 Å². The van der Waals surface area contributed by atoms with Crippen molar-refractivity contribution in [1.82, 2.24) is 10.6 Å². The molecule has 0 aromatic heterocycles. The highest BCUT2D eigenvalue weighted by Gasteiger charge is 2.34. The van der Waals surface area contributed by atoms with Crippen LogP contribution < -0.4 is 10.6 Å². The number of cyclic esters (lactones) is 1. The lowest BCUT2D eigenvalue weighted by Gasteiger charge is -2.28. The van der Waals surface area contributed by atoms with Gasteiger partial charge < -0.3 is 20.1 Å². The Kier molecular flexibility index (Phi) is 4.43. The SMILES string of the molecule is CC(C)C(NC(=O)OC(C)(C)C)C1COC(=O)N1. The number of carbonyl (C=O) groups is 2. The zero-order valence-corrected chi connectivity index (χ0v) is 11.6. The summed E-state index contributed by atoms with van der Waals surface area (Å²) in [7, 11) is 0. The number of amides is 2. The average Bonchev–Trinajstić information content (AvgIpc) is 2.57. The molecular weight excluding hydrogens is 236 g/mol. The largest absolute Gasteiger partial charge is 0.447 e. The third-order valence-electron chi connectivity index (χ3n) is 2.53. The minimum atomic E-state index is -0.541. The number of hydrogen-bond acceptors (Lipinski definition) is 4. The molecule has 0 aliphatic carbocycles. The fourth-order valence-electron chi connectivity index (χ4n) is 1.77. The van der Waals surface area contributed by atoms with Crippen molar-refractivity contribution in [2.24, 2.45) is 5.92 Å². The standard InChI is InChI=1S/C12H22N2O4/c1-7(2)9(8-6-17-10(15)13-8)14-11(16)18-12(3,4)5/h7-9H,6H2,1-5H3,(H,13,15)(H,14,16). The molecule has 1 saturated heterocycles. The van der Waals surface area contributed by atoms with Crippen molar-refractivity contribution in [3.05, 3.63) is 0 Å². The van der Waals surface area contributed by atoms with Crippen molar-refractivity contribution in [1.29, 1.82) is 0 Å². The summed E-state index contributed by atoms with van der Waals surface area (Å²) in [5.41, 5.74) is -0.541. The van der Waals surface area contributed by atoms with Gasteiger partial charge in [-0.1, -0.05) is 13.8 Å². The lowest BCUT2D eigenvalue weighted by Crippen LogP contribution is -2.53. The molecule has 0 saturated carbocycles. The van der Waals surface area contributed by atoms with E-state index in [1.54, 1.807) is 20.8 Å². The maximum atomic E-state index is 11.7. The Labute approximate surface area is 107 Å². The number of ether oxygens (including phenoxy) is 2. The quantitative estimate of drug-likeness (QED) is 0.807. The van der Waals surface area contributed by atoms with Crippen molar-refractivity contribution < 1.29 is 19.1 Å². The molecule has 2 atom stereocenters. The zero-order valence-electron chi connectivity index (χ0n) is 11.6. The average molecular weight is 258 g/mol. The molecule has 2 unspecified atom stereocenters. The summed E-state index contributed by atoms with van der Waals surface area (Å²) in [5, 5.41) is 5.45. The van der Waals surface area contributed by atoms with Crippen LogP contribution in [0.5, 0.6) is 0 Å². The molecule has 1 aliphatic rings. The second-order valence-electron chi connectivity index (χ2n) is 5.77. The monoisotopic (exact) mass is 258 g/mol. The van der Waals surface area contributed by atoms with Crippen LogP contribution in [0.4, 0.5) is 9.59 Å². The predicted molar refractivity (Wildman–Crippen MR) is 66.3 cm³/mol. The minimum absolute atomic E-state index is 0.157. The van der Waals surface area contributed by atoms with E-state index in [4.69, 9.17) is 9.47 Å². The maximum absolute atomic E-state index is 11.7. The first kappa shape index (κ1) is 14.6. The molecular formula is C12H22N2O4. The van der Waals surface area contributed by atoms with E-state index < -0.39 is 17.8 Å². The highest BCUT2D eigenvalue weighted by Crippen LogP contribution is 2.13. The molecule has 0 radical (unpaired) electrons. The molecule has 18 heavy (non-hydrogen) atoms. The van der Waals surface area contributed by atoms with Crippen LogP contribution in [0.3, 0.4) is 0 Å². The van der Waals surface area contributed by atoms with E-state index in [2.05, 4.69) is 10.6 Å². The van der Waals surface area contributed by atoms with Crippen LogP contribution in [-0.2, 0) is 9.47 Å². The minimum Gasteiger partial charge on any atom is -0.447 e. The van der Waals surface area contributed by atoms with E-state index in [1.807, 2.05) is 13.8 Å². The molecule has 6 nitrogen and oxygen atoms in total. The summed E-state index contributed by atoms with van der Waals surface area (Å²) in [6, 6.07) is -0.434. The Morgan fingerprint density at radius 1 is 1.50 bits per heavy atom. The Hall–Kier alpha value is -1.46. The van der Waals surface area contributed by atoms with Crippen LogP contribution in [-0.4, -0.2) is 36.5 Å². The fraction of sp³-hybridized carbons (Fsp3) is 0.833. The normalized spacial score (nSPS) is 21.2. The number of hydrogen-bond donors (Lipinski definition) is 2. The molecule has 2 N–H and O–H groups in total. The van der Waals surface area contributed by atoms with Gasteiger partial charge in [-0.15, -0.1) is 0 Å². The topological polar surface area (TPSA) is 76.7 Å². The van der Waals surface area contributed by atoms with Gasteiger partial charge in [-0.2, -0.15) is 0 Å².